The highest BCUT2D eigenvalue weighted by atomic mass is 32.1. The lowest BCUT2D eigenvalue weighted by molar-refractivity contribution is 0.669. The van der Waals surface area contributed by atoms with Crippen LogP contribution in [-0.2, 0) is 0 Å². The van der Waals surface area contributed by atoms with E-state index in [0.717, 1.165) is 77.8 Å². The number of thiophene rings is 1. The van der Waals surface area contributed by atoms with Gasteiger partial charge in [0.1, 0.15) is 11.2 Å². The molecule has 0 spiro atoms. The summed E-state index contributed by atoms with van der Waals surface area (Å²) < 4.78 is 8.94. The van der Waals surface area contributed by atoms with Crippen molar-refractivity contribution in [1.29, 1.82) is 0 Å². The molecule has 0 radical (unpaired) electrons. The first-order chi connectivity index (χ1) is 27.7. The summed E-state index contributed by atoms with van der Waals surface area (Å²) in [6.07, 6.45) is 3.69. The predicted molar refractivity (Wildman–Crippen MR) is 233 cm³/mol. The molecule has 11 aromatic rings. The number of fused-ring (bicyclic) bond motifs is 6. The molecule has 0 amide bonds. The molecule has 56 heavy (non-hydrogen) atoms. The monoisotopic (exact) mass is 733 g/mol. The number of pyridine rings is 1. The van der Waals surface area contributed by atoms with Gasteiger partial charge in [-0.2, -0.15) is 0 Å². The standard InChI is InChI=1S/C51H31N3OS/c1-2-13-32(14-3-1)43-30-44(54-51(53-43)40-17-5-4-16-37(40)33-15-12-26-52-31-33)36-28-34(38-20-10-23-46-49(38)41-18-6-8-22-45(41)55-46)27-35(29-36)39-21-11-25-48-50(39)42-19-7-9-24-47(42)56-48/h1-31H. The van der Waals surface area contributed by atoms with Crippen LogP contribution in [0.5, 0.6) is 0 Å². The van der Waals surface area contributed by atoms with Crippen molar-refractivity contribution in [2.24, 2.45) is 0 Å². The smallest absolute Gasteiger partial charge is 0.161 e. The summed E-state index contributed by atoms with van der Waals surface area (Å²) in [5.41, 5.74) is 12.9. The third-order valence-electron chi connectivity index (χ3n) is 10.6. The van der Waals surface area contributed by atoms with Gasteiger partial charge in [-0.05, 0) is 82.4 Å². The molecule has 0 bridgehead atoms. The Kier molecular flexibility index (Phi) is 7.64. The SMILES string of the molecule is c1ccc(-c2cc(-c3cc(-c4cccc5oc6ccccc6c45)cc(-c4cccc5sc6ccccc6c45)c3)nc(-c3ccccc3-c3cccnc3)n2)cc1. The van der Waals surface area contributed by atoms with E-state index in [4.69, 9.17) is 14.4 Å². The van der Waals surface area contributed by atoms with E-state index in [-0.39, 0.29) is 0 Å². The molecule has 4 nitrogen and oxygen atoms in total. The summed E-state index contributed by atoms with van der Waals surface area (Å²) >= 11 is 1.84. The molecule has 0 atom stereocenters. The maximum absolute atomic E-state index is 6.39. The Labute approximate surface area is 327 Å². The van der Waals surface area contributed by atoms with Crippen molar-refractivity contribution in [3.63, 3.8) is 0 Å². The van der Waals surface area contributed by atoms with Gasteiger partial charge in [0.15, 0.2) is 5.82 Å². The van der Waals surface area contributed by atoms with Gasteiger partial charge in [-0.1, -0.05) is 121 Å². The highest BCUT2D eigenvalue weighted by Gasteiger charge is 2.19. The molecule has 0 aliphatic rings. The number of aromatic nitrogens is 3. The van der Waals surface area contributed by atoms with Crippen molar-refractivity contribution in [2.75, 3.05) is 0 Å². The van der Waals surface area contributed by atoms with Crippen molar-refractivity contribution in [1.82, 2.24) is 15.0 Å². The predicted octanol–water partition coefficient (Wildman–Crippen LogP) is 14.1. The van der Waals surface area contributed by atoms with Crippen molar-refractivity contribution in [3.8, 4) is 67.3 Å². The molecule has 0 saturated carbocycles. The summed E-state index contributed by atoms with van der Waals surface area (Å²) in [6, 6.07) is 61.8. The maximum Gasteiger partial charge on any atom is 0.161 e. The van der Waals surface area contributed by atoms with Gasteiger partial charge in [0, 0.05) is 65.6 Å². The Balaban J connectivity index is 1.21. The Morgan fingerprint density at radius 3 is 1.82 bits per heavy atom. The van der Waals surface area contributed by atoms with Crippen LogP contribution in [0, 0.1) is 0 Å². The number of rotatable bonds is 6. The van der Waals surface area contributed by atoms with Crippen LogP contribution in [-0.4, -0.2) is 15.0 Å². The highest BCUT2D eigenvalue weighted by molar-refractivity contribution is 7.25. The fraction of sp³-hybridized carbons (Fsp3) is 0. The molecular formula is C51H31N3OS. The Bertz CT molecular complexity index is 3120. The quantitative estimate of drug-likeness (QED) is 0.171. The summed E-state index contributed by atoms with van der Waals surface area (Å²) in [6.45, 7) is 0. The van der Waals surface area contributed by atoms with Crippen LogP contribution in [0.3, 0.4) is 0 Å². The molecule has 262 valence electrons. The van der Waals surface area contributed by atoms with Gasteiger partial charge in [0.2, 0.25) is 0 Å². The number of hydrogen-bond acceptors (Lipinski definition) is 5. The first-order valence-electron chi connectivity index (χ1n) is 18.7. The van der Waals surface area contributed by atoms with Crippen molar-refractivity contribution < 1.29 is 4.42 Å². The van der Waals surface area contributed by atoms with Gasteiger partial charge < -0.3 is 4.42 Å². The third kappa shape index (κ3) is 5.48. The van der Waals surface area contributed by atoms with Crippen LogP contribution in [0.2, 0.25) is 0 Å². The molecule has 7 aromatic carbocycles. The van der Waals surface area contributed by atoms with Crippen molar-refractivity contribution in [3.05, 3.63) is 188 Å². The number of para-hydroxylation sites is 1. The van der Waals surface area contributed by atoms with E-state index < -0.39 is 0 Å². The molecule has 0 fully saturated rings. The molecule has 4 aromatic heterocycles. The first-order valence-corrected chi connectivity index (χ1v) is 19.5. The van der Waals surface area contributed by atoms with Gasteiger partial charge in [-0.25, -0.2) is 9.97 Å². The van der Waals surface area contributed by atoms with Gasteiger partial charge in [0.25, 0.3) is 0 Å². The molecule has 0 aliphatic carbocycles. The largest absolute Gasteiger partial charge is 0.456 e. The van der Waals surface area contributed by atoms with Crippen LogP contribution < -0.4 is 0 Å². The van der Waals surface area contributed by atoms with E-state index in [9.17, 15) is 0 Å². The fourth-order valence-corrected chi connectivity index (χ4v) is 9.17. The first kappa shape index (κ1) is 32.2. The second-order valence-corrected chi connectivity index (χ2v) is 15.1. The van der Waals surface area contributed by atoms with Gasteiger partial charge in [-0.3, -0.25) is 4.98 Å². The molecule has 5 heteroatoms. The Hall–Kier alpha value is -7.21. The maximum atomic E-state index is 6.39. The average molecular weight is 734 g/mol. The normalized spacial score (nSPS) is 11.6. The van der Waals surface area contributed by atoms with Crippen LogP contribution in [0.15, 0.2) is 193 Å². The molecule has 0 N–H and O–H groups in total. The molecule has 4 heterocycles. The summed E-state index contributed by atoms with van der Waals surface area (Å²) in [5.74, 6) is 0.654. The van der Waals surface area contributed by atoms with Gasteiger partial charge in [-0.15, -0.1) is 11.3 Å². The number of benzene rings is 7. The molecule has 0 unspecified atom stereocenters. The number of nitrogens with zero attached hydrogens (tertiary/aromatic N) is 3. The second-order valence-electron chi connectivity index (χ2n) is 14.0. The van der Waals surface area contributed by atoms with Crippen molar-refractivity contribution in [2.45, 2.75) is 0 Å². The minimum Gasteiger partial charge on any atom is -0.456 e. The Morgan fingerprint density at radius 2 is 1.00 bits per heavy atom. The van der Waals surface area contributed by atoms with Crippen LogP contribution in [0.1, 0.15) is 0 Å². The fourth-order valence-electron chi connectivity index (χ4n) is 8.04. The Morgan fingerprint density at radius 1 is 0.393 bits per heavy atom. The lowest BCUT2D eigenvalue weighted by Crippen LogP contribution is -1.98. The minimum atomic E-state index is 0.654. The van der Waals surface area contributed by atoms with E-state index in [1.54, 1.807) is 6.20 Å². The number of hydrogen-bond donors (Lipinski definition) is 0. The second kappa shape index (κ2) is 13.3. The van der Waals surface area contributed by atoms with E-state index in [1.165, 1.54) is 25.7 Å². The van der Waals surface area contributed by atoms with E-state index in [2.05, 4.69) is 151 Å². The van der Waals surface area contributed by atoms with E-state index in [0.29, 0.717) is 5.82 Å². The topological polar surface area (TPSA) is 51.8 Å². The lowest BCUT2D eigenvalue weighted by atomic mass is 9.91. The summed E-state index contributed by atoms with van der Waals surface area (Å²) in [7, 11) is 0. The lowest BCUT2D eigenvalue weighted by Gasteiger charge is -2.15. The van der Waals surface area contributed by atoms with Crippen LogP contribution >= 0.6 is 11.3 Å². The minimum absolute atomic E-state index is 0.654. The average Bonchev–Trinajstić information content (AvgIpc) is 3.85. The zero-order valence-corrected chi connectivity index (χ0v) is 30.9. The highest BCUT2D eigenvalue weighted by Crippen LogP contribution is 2.44. The molecule has 11 rings (SSSR count). The van der Waals surface area contributed by atoms with Gasteiger partial charge >= 0.3 is 0 Å². The van der Waals surface area contributed by atoms with Crippen LogP contribution in [0.4, 0.5) is 0 Å². The van der Waals surface area contributed by atoms with Gasteiger partial charge in [0.05, 0.1) is 11.4 Å². The summed E-state index contributed by atoms with van der Waals surface area (Å²) in [4.78, 5) is 15.1. The third-order valence-corrected chi connectivity index (χ3v) is 11.7. The summed E-state index contributed by atoms with van der Waals surface area (Å²) in [5, 5.41) is 4.73. The number of furan rings is 1. The van der Waals surface area contributed by atoms with Crippen LogP contribution in [0.25, 0.3) is 109 Å². The zero-order valence-electron chi connectivity index (χ0n) is 30.1. The van der Waals surface area contributed by atoms with Crippen molar-refractivity contribution >= 4 is 53.4 Å². The van der Waals surface area contributed by atoms with E-state index >= 15 is 0 Å². The molecular weight excluding hydrogens is 703 g/mol. The zero-order chi connectivity index (χ0) is 37.0. The molecule has 0 aliphatic heterocycles. The van der Waals surface area contributed by atoms with E-state index in [1.807, 2.05) is 47.9 Å². The molecule has 0 saturated heterocycles.